The maximum atomic E-state index is 10.7. The number of furan rings is 1. The molecule has 0 unspecified atom stereocenters. The summed E-state index contributed by atoms with van der Waals surface area (Å²) in [6, 6.07) is 7.05. The van der Waals surface area contributed by atoms with Gasteiger partial charge in [0.25, 0.3) is 0 Å². The Bertz CT molecular complexity index is 522. The molecule has 2 aromatic heterocycles. The Labute approximate surface area is 105 Å². The molecule has 0 amide bonds. The molecule has 5 heteroatoms. The number of carboxylic acid groups (broad SMARTS) is 1. The molecule has 2 aromatic rings. The average Bonchev–Trinajstić information content (AvgIpc) is 2.78. The summed E-state index contributed by atoms with van der Waals surface area (Å²) in [5, 5.41) is 8.75. The third-order valence-corrected chi connectivity index (χ3v) is 2.50. The minimum Gasteiger partial charge on any atom is -0.475 e. The molecule has 94 valence electrons. The monoisotopic (exact) mass is 246 g/mol. The molecule has 0 aromatic carbocycles. The number of pyridine rings is 1. The third-order valence-electron chi connectivity index (χ3n) is 2.50. The first-order chi connectivity index (χ1) is 8.65. The van der Waals surface area contributed by atoms with Crippen molar-refractivity contribution < 1.29 is 14.3 Å². The fourth-order valence-electron chi connectivity index (χ4n) is 1.70. The van der Waals surface area contributed by atoms with Gasteiger partial charge in [0.2, 0.25) is 5.76 Å². The zero-order chi connectivity index (χ0) is 13.0. The summed E-state index contributed by atoms with van der Waals surface area (Å²) in [6.07, 6.45) is 3.50. The number of nitrogens with zero attached hydrogens (tertiary/aromatic N) is 2. The molecule has 0 atom stereocenters. The Morgan fingerprint density at radius 3 is 2.61 bits per heavy atom. The first-order valence-electron chi connectivity index (χ1n) is 5.54. The van der Waals surface area contributed by atoms with Crippen LogP contribution in [0.1, 0.15) is 21.9 Å². The van der Waals surface area contributed by atoms with Gasteiger partial charge < -0.3 is 9.52 Å². The molecule has 0 saturated heterocycles. The van der Waals surface area contributed by atoms with Gasteiger partial charge in [0, 0.05) is 18.9 Å². The van der Waals surface area contributed by atoms with Gasteiger partial charge >= 0.3 is 5.97 Å². The van der Waals surface area contributed by atoms with Gasteiger partial charge in [0.1, 0.15) is 5.76 Å². The van der Waals surface area contributed by atoms with E-state index in [0.29, 0.717) is 12.3 Å². The fraction of sp³-hybridized carbons (Fsp3) is 0.231. The van der Waals surface area contributed by atoms with Gasteiger partial charge in [0.05, 0.1) is 6.54 Å². The molecular formula is C13H14N2O3. The highest BCUT2D eigenvalue weighted by atomic mass is 16.4. The normalized spacial score (nSPS) is 10.8. The van der Waals surface area contributed by atoms with E-state index in [9.17, 15) is 4.79 Å². The van der Waals surface area contributed by atoms with E-state index in [-0.39, 0.29) is 5.76 Å². The molecule has 1 N–H and O–H groups in total. The van der Waals surface area contributed by atoms with E-state index in [1.54, 1.807) is 18.5 Å². The van der Waals surface area contributed by atoms with Crippen molar-refractivity contribution >= 4 is 5.97 Å². The number of carbonyl (C=O) groups is 1. The zero-order valence-electron chi connectivity index (χ0n) is 10.0. The first-order valence-corrected chi connectivity index (χ1v) is 5.54. The van der Waals surface area contributed by atoms with E-state index < -0.39 is 5.97 Å². The van der Waals surface area contributed by atoms with E-state index in [2.05, 4.69) is 4.98 Å². The number of aromatic carboxylic acids is 1. The van der Waals surface area contributed by atoms with Crippen LogP contribution in [-0.2, 0) is 13.1 Å². The van der Waals surface area contributed by atoms with Crippen LogP contribution in [0.25, 0.3) is 0 Å². The number of carboxylic acids is 1. The maximum absolute atomic E-state index is 10.7. The molecule has 0 saturated carbocycles. The smallest absolute Gasteiger partial charge is 0.371 e. The molecule has 0 radical (unpaired) electrons. The van der Waals surface area contributed by atoms with Gasteiger partial charge in [-0.05, 0) is 36.9 Å². The van der Waals surface area contributed by atoms with Crippen LogP contribution in [0.5, 0.6) is 0 Å². The minimum atomic E-state index is -1.04. The van der Waals surface area contributed by atoms with Crippen LogP contribution < -0.4 is 0 Å². The molecule has 5 nitrogen and oxygen atoms in total. The van der Waals surface area contributed by atoms with Crippen molar-refractivity contribution in [1.82, 2.24) is 9.88 Å². The lowest BCUT2D eigenvalue weighted by Crippen LogP contribution is -2.16. The van der Waals surface area contributed by atoms with Crippen molar-refractivity contribution in [1.29, 1.82) is 0 Å². The number of hydrogen-bond donors (Lipinski definition) is 1. The number of rotatable bonds is 5. The second-order valence-electron chi connectivity index (χ2n) is 4.10. The van der Waals surface area contributed by atoms with Gasteiger partial charge in [-0.1, -0.05) is 0 Å². The second kappa shape index (κ2) is 5.46. The molecule has 0 spiro atoms. The largest absolute Gasteiger partial charge is 0.475 e. The number of hydrogen-bond acceptors (Lipinski definition) is 4. The van der Waals surface area contributed by atoms with E-state index in [1.165, 1.54) is 6.07 Å². The quantitative estimate of drug-likeness (QED) is 0.874. The van der Waals surface area contributed by atoms with Crippen molar-refractivity contribution in [3.05, 3.63) is 53.7 Å². The van der Waals surface area contributed by atoms with E-state index in [4.69, 9.17) is 9.52 Å². The summed E-state index contributed by atoms with van der Waals surface area (Å²) in [4.78, 5) is 16.7. The summed E-state index contributed by atoms with van der Waals surface area (Å²) in [7, 11) is 1.95. The molecule has 2 rings (SSSR count). The highest BCUT2D eigenvalue weighted by molar-refractivity contribution is 5.84. The van der Waals surface area contributed by atoms with Gasteiger partial charge in [-0.3, -0.25) is 9.88 Å². The highest BCUT2D eigenvalue weighted by Crippen LogP contribution is 2.11. The molecule has 18 heavy (non-hydrogen) atoms. The van der Waals surface area contributed by atoms with Gasteiger partial charge in [-0.15, -0.1) is 0 Å². The van der Waals surface area contributed by atoms with Crippen LogP contribution in [0.4, 0.5) is 0 Å². The third kappa shape index (κ3) is 3.18. The molecule has 2 heterocycles. The topological polar surface area (TPSA) is 66.6 Å². The van der Waals surface area contributed by atoms with Gasteiger partial charge in [0.15, 0.2) is 0 Å². The molecule has 0 aliphatic heterocycles. The van der Waals surface area contributed by atoms with Crippen LogP contribution in [0.15, 0.2) is 41.1 Å². The summed E-state index contributed by atoms with van der Waals surface area (Å²) in [6.45, 7) is 1.32. The summed E-state index contributed by atoms with van der Waals surface area (Å²) in [5.41, 5.74) is 1.15. The van der Waals surface area contributed by atoms with Crippen LogP contribution in [0, 0.1) is 0 Å². The molecule has 0 aliphatic carbocycles. The predicted molar refractivity (Wildman–Crippen MR) is 65.1 cm³/mol. The summed E-state index contributed by atoms with van der Waals surface area (Å²) >= 11 is 0. The van der Waals surface area contributed by atoms with E-state index in [0.717, 1.165) is 12.1 Å². The van der Waals surface area contributed by atoms with Crippen molar-refractivity contribution in [3.8, 4) is 0 Å². The standard InChI is InChI=1S/C13H14N2O3/c1-15(8-10-4-6-14-7-5-10)9-11-2-3-12(18-11)13(16)17/h2-7H,8-9H2,1H3,(H,16,17). The van der Waals surface area contributed by atoms with Gasteiger partial charge in [-0.25, -0.2) is 4.79 Å². The molecular weight excluding hydrogens is 232 g/mol. The summed E-state index contributed by atoms with van der Waals surface area (Å²) in [5.74, 6) is -0.427. The highest BCUT2D eigenvalue weighted by Gasteiger charge is 2.10. The van der Waals surface area contributed by atoms with Crippen molar-refractivity contribution in [3.63, 3.8) is 0 Å². The second-order valence-corrected chi connectivity index (χ2v) is 4.10. The van der Waals surface area contributed by atoms with Crippen molar-refractivity contribution in [2.75, 3.05) is 7.05 Å². The lowest BCUT2D eigenvalue weighted by atomic mass is 10.2. The lowest BCUT2D eigenvalue weighted by molar-refractivity contribution is 0.0658. The SMILES string of the molecule is CN(Cc1ccncc1)Cc1ccc(C(=O)O)o1. The zero-order valence-corrected chi connectivity index (χ0v) is 10.0. The fourth-order valence-corrected chi connectivity index (χ4v) is 1.70. The van der Waals surface area contributed by atoms with Crippen LogP contribution in [0.2, 0.25) is 0 Å². The van der Waals surface area contributed by atoms with Crippen LogP contribution in [-0.4, -0.2) is 28.0 Å². The first kappa shape index (κ1) is 12.3. The lowest BCUT2D eigenvalue weighted by Gasteiger charge is -2.14. The van der Waals surface area contributed by atoms with Crippen molar-refractivity contribution in [2.24, 2.45) is 0 Å². The Hall–Kier alpha value is -2.14. The van der Waals surface area contributed by atoms with E-state index in [1.807, 2.05) is 24.1 Å². The van der Waals surface area contributed by atoms with Crippen LogP contribution in [0.3, 0.4) is 0 Å². The molecule has 0 fully saturated rings. The summed E-state index contributed by atoms with van der Waals surface area (Å²) < 4.78 is 5.20. The van der Waals surface area contributed by atoms with Crippen LogP contribution >= 0.6 is 0 Å². The average molecular weight is 246 g/mol. The van der Waals surface area contributed by atoms with E-state index >= 15 is 0 Å². The Morgan fingerprint density at radius 1 is 1.28 bits per heavy atom. The Kier molecular flexibility index (Phi) is 3.74. The number of aromatic nitrogens is 1. The Balaban J connectivity index is 1.94. The van der Waals surface area contributed by atoms with Gasteiger partial charge in [-0.2, -0.15) is 0 Å². The minimum absolute atomic E-state index is 0.0256. The molecule has 0 bridgehead atoms. The van der Waals surface area contributed by atoms with Crippen molar-refractivity contribution in [2.45, 2.75) is 13.1 Å². The Morgan fingerprint density at radius 2 is 2.00 bits per heavy atom. The molecule has 0 aliphatic rings. The predicted octanol–water partition coefficient (Wildman–Crippen LogP) is 2.00. The maximum Gasteiger partial charge on any atom is 0.371 e.